The Hall–Kier alpha value is -1.26. The number of benzene rings is 1. The van der Waals surface area contributed by atoms with Gasteiger partial charge in [0, 0.05) is 18.0 Å². The van der Waals surface area contributed by atoms with Crippen LogP contribution in [0.2, 0.25) is 0 Å². The summed E-state index contributed by atoms with van der Waals surface area (Å²) in [5, 5.41) is 0. The van der Waals surface area contributed by atoms with E-state index in [-0.39, 0.29) is 23.2 Å². The van der Waals surface area contributed by atoms with Crippen molar-refractivity contribution >= 4 is 0 Å². The average molecular weight is 293 g/mol. The Labute approximate surface area is 127 Å². The molecule has 1 aromatic rings. The van der Waals surface area contributed by atoms with Crippen molar-refractivity contribution in [3.05, 3.63) is 23.8 Å². The maximum atomic E-state index is 6.55. The zero-order valence-corrected chi connectivity index (χ0v) is 13.9. The van der Waals surface area contributed by atoms with E-state index < -0.39 is 0 Å². The van der Waals surface area contributed by atoms with Crippen LogP contribution in [0, 0.1) is 5.92 Å². The molecule has 1 saturated heterocycles. The Morgan fingerprint density at radius 3 is 2.00 bits per heavy atom. The van der Waals surface area contributed by atoms with E-state index in [0.717, 1.165) is 23.5 Å². The van der Waals surface area contributed by atoms with Crippen molar-refractivity contribution in [1.29, 1.82) is 0 Å². The highest BCUT2D eigenvalue weighted by Crippen LogP contribution is 2.47. The van der Waals surface area contributed by atoms with Gasteiger partial charge in [-0.25, -0.2) is 0 Å². The first-order valence-corrected chi connectivity index (χ1v) is 7.37. The maximum absolute atomic E-state index is 6.55. The van der Waals surface area contributed by atoms with Crippen LogP contribution in [-0.4, -0.2) is 25.4 Å². The summed E-state index contributed by atoms with van der Waals surface area (Å²) < 4.78 is 16.8. The van der Waals surface area contributed by atoms with Crippen LogP contribution in [0.25, 0.3) is 0 Å². The lowest BCUT2D eigenvalue weighted by atomic mass is 9.79. The van der Waals surface area contributed by atoms with Gasteiger partial charge in [-0.1, -0.05) is 0 Å². The summed E-state index contributed by atoms with van der Waals surface area (Å²) in [6.07, 6.45) is 0.931. The molecule has 2 rings (SSSR count). The van der Waals surface area contributed by atoms with Crippen LogP contribution in [0.1, 0.15) is 45.7 Å². The molecule has 0 saturated carbocycles. The number of ether oxygens (including phenoxy) is 3. The SMILES string of the molecule is COc1cc(OC)cc(C(N)C2CC(C)(C)OC2(C)C)c1. The normalized spacial score (nSPS) is 24.6. The third kappa shape index (κ3) is 3.33. The van der Waals surface area contributed by atoms with Crippen LogP contribution >= 0.6 is 0 Å². The van der Waals surface area contributed by atoms with Crippen molar-refractivity contribution < 1.29 is 14.2 Å². The second kappa shape index (κ2) is 5.50. The van der Waals surface area contributed by atoms with Crippen LogP contribution < -0.4 is 15.2 Å². The predicted molar refractivity (Wildman–Crippen MR) is 83.8 cm³/mol. The summed E-state index contributed by atoms with van der Waals surface area (Å²) in [6.45, 7) is 8.47. The molecular formula is C17H27NO3. The first-order chi connectivity index (χ1) is 9.68. The molecule has 1 aromatic carbocycles. The molecule has 1 fully saturated rings. The van der Waals surface area contributed by atoms with Crippen molar-refractivity contribution in [3.8, 4) is 11.5 Å². The van der Waals surface area contributed by atoms with Gasteiger partial charge < -0.3 is 19.9 Å². The highest BCUT2D eigenvalue weighted by atomic mass is 16.5. The van der Waals surface area contributed by atoms with Gasteiger partial charge in [0.25, 0.3) is 0 Å². The van der Waals surface area contributed by atoms with Gasteiger partial charge in [0.1, 0.15) is 11.5 Å². The van der Waals surface area contributed by atoms with E-state index in [9.17, 15) is 0 Å². The molecule has 1 aliphatic rings. The highest BCUT2D eigenvalue weighted by molar-refractivity contribution is 5.40. The van der Waals surface area contributed by atoms with Crippen molar-refractivity contribution in [3.63, 3.8) is 0 Å². The summed E-state index contributed by atoms with van der Waals surface area (Å²) >= 11 is 0. The minimum absolute atomic E-state index is 0.120. The Morgan fingerprint density at radius 2 is 1.62 bits per heavy atom. The number of nitrogens with two attached hydrogens (primary N) is 1. The quantitative estimate of drug-likeness (QED) is 0.925. The molecule has 2 N–H and O–H groups in total. The molecule has 21 heavy (non-hydrogen) atoms. The third-order valence-electron chi connectivity index (χ3n) is 4.34. The molecule has 4 heteroatoms. The van der Waals surface area contributed by atoms with Crippen molar-refractivity contribution in [2.45, 2.75) is 51.4 Å². The number of hydrogen-bond donors (Lipinski definition) is 1. The molecule has 0 amide bonds. The van der Waals surface area contributed by atoms with E-state index >= 15 is 0 Å². The van der Waals surface area contributed by atoms with E-state index in [2.05, 4.69) is 27.7 Å². The van der Waals surface area contributed by atoms with E-state index in [1.54, 1.807) is 14.2 Å². The third-order valence-corrected chi connectivity index (χ3v) is 4.34. The largest absolute Gasteiger partial charge is 0.497 e. The summed E-state index contributed by atoms with van der Waals surface area (Å²) in [5.41, 5.74) is 7.18. The number of hydrogen-bond acceptors (Lipinski definition) is 4. The maximum Gasteiger partial charge on any atom is 0.122 e. The first kappa shape index (κ1) is 16.1. The van der Waals surface area contributed by atoms with Crippen LogP contribution in [0.15, 0.2) is 18.2 Å². The number of methoxy groups -OCH3 is 2. The minimum Gasteiger partial charge on any atom is -0.497 e. The summed E-state index contributed by atoms with van der Waals surface area (Å²) in [4.78, 5) is 0. The number of rotatable bonds is 4. The topological polar surface area (TPSA) is 53.7 Å². The standard InChI is InChI=1S/C17H27NO3/c1-16(2)10-14(17(3,4)21-16)15(18)11-7-12(19-5)9-13(8-11)20-6/h7-9,14-15H,10,18H2,1-6H3. The van der Waals surface area contributed by atoms with E-state index in [0.29, 0.717) is 0 Å². The molecule has 0 bridgehead atoms. The van der Waals surface area contributed by atoms with Gasteiger partial charge in [-0.2, -0.15) is 0 Å². The molecule has 2 unspecified atom stereocenters. The van der Waals surface area contributed by atoms with E-state index in [1.807, 2.05) is 18.2 Å². The van der Waals surface area contributed by atoms with Gasteiger partial charge in [0.2, 0.25) is 0 Å². The lowest BCUT2D eigenvalue weighted by Gasteiger charge is -2.31. The molecule has 0 aromatic heterocycles. The Kier molecular flexibility index (Phi) is 4.22. The zero-order chi connectivity index (χ0) is 15.8. The fourth-order valence-electron chi connectivity index (χ4n) is 3.42. The van der Waals surface area contributed by atoms with Gasteiger partial charge in [0.05, 0.1) is 25.4 Å². The Morgan fingerprint density at radius 1 is 1.10 bits per heavy atom. The molecule has 118 valence electrons. The van der Waals surface area contributed by atoms with Crippen molar-refractivity contribution in [2.75, 3.05) is 14.2 Å². The molecule has 0 aliphatic carbocycles. The zero-order valence-electron chi connectivity index (χ0n) is 13.9. The molecule has 2 atom stereocenters. The van der Waals surface area contributed by atoms with Gasteiger partial charge in [-0.3, -0.25) is 0 Å². The van der Waals surface area contributed by atoms with E-state index in [4.69, 9.17) is 19.9 Å². The van der Waals surface area contributed by atoms with E-state index in [1.165, 1.54) is 0 Å². The van der Waals surface area contributed by atoms with Gasteiger partial charge in [-0.15, -0.1) is 0 Å². The molecule has 1 aliphatic heterocycles. The van der Waals surface area contributed by atoms with Crippen LogP contribution in [0.5, 0.6) is 11.5 Å². The minimum atomic E-state index is -0.251. The lowest BCUT2D eigenvalue weighted by molar-refractivity contribution is -0.0767. The molecule has 4 nitrogen and oxygen atoms in total. The van der Waals surface area contributed by atoms with Crippen molar-refractivity contribution in [2.24, 2.45) is 11.7 Å². The average Bonchev–Trinajstić information content (AvgIpc) is 2.65. The summed E-state index contributed by atoms with van der Waals surface area (Å²) in [5.74, 6) is 1.76. The monoisotopic (exact) mass is 293 g/mol. The summed E-state index contributed by atoms with van der Waals surface area (Å²) in [7, 11) is 3.30. The van der Waals surface area contributed by atoms with Crippen molar-refractivity contribution in [1.82, 2.24) is 0 Å². The summed E-state index contributed by atoms with van der Waals surface area (Å²) in [6, 6.07) is 5.70. The second-order valence-electron chi connectivity index (χ2n) is 6.95. The Bertz CT molecular complexity index is 489. The highest BCUT2D eigenvalue weighted by Gasteiger charge is 2.48. The molecule has 1 heterocycles. The van der Waals surface area contributed by atoms with Gasteiger partial charge in [-0.05, 0) is 51.8 Å². The smallest absolute Gasteiger partial charge is 0.122 e. The van der Waals surface area contributed by atoms with Gasteiger partial charge >= 0.3 is 0 Å². The van der Waals surface area contributed by atoms with Crippen LogP contribution in [-0.2, 0) is 4.74 Å². The Balaban J connectivity index is 2.33. The molecule has 0 radical (unpaired) electrons. The fraction of sp³-hybridized carbons (Fsp3) is 0.647. The molecule has 0 spiro atoms. The van der Waals surface area contributed by atoms with Gasteiger partial charge in [0.15, 0.2) is 0 Å². The van der Waals surface area contributed by atoms with Crippen LogP contribution in [0.3, 0.4) is 0 Å². The fourth-order valence-corrected chi connectivity index (χ4v) is 3.42. The molecular weight excluding hydrogens is 266 g/mol. The van der Waals surface area contributed by atoms with Crippen LogP contribution in [0.4, 0.5) is 0 Å². The first-order valence-electron chi connectivity index (χ1n) is 7.37. The predicted octanol–water partition coefficient (Wildman–Crippen LogP) is 3.30. The lowest BCUT2D eigenvalue weighted by Crippen LogP contribution is -2.35. The second-order valence-corrected chi connectivity index (χ2v) is 6.95.